The first-order valence-corrected chi connectivity index (χ1v) is 26.8. The summed E-state index contributed by atoms with van der Waals surface area (Å²) in [5, 5.41) is 6.06. The van der Waals surface area contributed by atoms with Gasteiger partial charge >= 0.3 is 30.2 Å². The first kappa shape index (κ1) is 64.5. The van der Waals surface area contributed by atoms with Gasteiger partial charge in [0, 0.05) is 18.0 Å². The number of esters is 2. The molecule has 2 saturated carbocycles. The second-order valence-corrected chi connectivity index (χ2v) is 24.0. The van der Waals surface area contributed by atoms with Gasteiger partial charge in [-0.3, -0.25) is 19.3 Å². The molecule has 3 fully saturated rings. The molecule has 4 unspecified atom stereocenters. The van der Waals surface area contributed by atoms with Gasteiger partial charge in [-0.15, -0.1) is 26.3 Å². The zero-order chi connectivity index (χ0) is 56.1. The van der Waals surface area contributed by atoms with Crippen LogP contribution in [0.1, 0.15) is 133 Å². The van der Waals surface area contributed by atoms with Crippen molar-refractivity contribution in [3.63, 3.8) is 0 Å². The van der Waals surface area contributed by atoms with E-state index in [-0.39, 0.29) is 81.1 Å². The number of rotatable bonds is 34. The summed E-state index contributed by atoms with van der Waals surface area (Å²) in [5.74, 6) is -1.38. The fraction of sp³-hybridized carbons (Fsp3) is 0.754. The summed E-state index contributed by atoms with van der Waals surface area (Å²) >= 11 is 0. The van der Waals surface area contributed by atoms with E-state index in [0.717, 1.165) is 17.7 Å². The van der Waals surface area contributed by atoms with Gasteiger partial charge in [0.05, 0.1) is 83.2 Å². The Balaban J connectivity index is 1.51. The molecule has 4 atom stereocenters. The van der Waals surface area contributed by atoms with E-state index >= 15 is 0 Å². The second-order valence-electron chi connectivity index (χ2n) is 24.0. The zero-order valence-electron chi connectivity index (χ0n) is 47.4. The summed E-state index contributed by atoms with van der Waals surface area (Å²) in [6, 6.07) is -0.895. The van der Waals surface area contributed by atoms with E-state index in [1.165, 1.54) is 4.90 Å². The quantitative estimate of drug-likeness (QED) is 0.0203. The van der Waals surface area contributed by atoms with Crippen LogP contribution in [0.2, 0.25) is 0 Å². The Morgan fingerprint density at radius 2 is 1.12 bits per heavy atom. The Hall–Kier alpha value is -4.78. The number of nitrogens with zero attached hydrogens (tertiary/aromatic N) is 2. The molecule has 5 amide bonds. The van der Waals surface area contributed by atoms with E-state index in [9.17, 15) is 28.8 Å². The number of carbonyl (C=O) groups is 6. The maximum atomic E-state index is 13.7. The molecule has 0 radical (unpaired) electrons. The van der Waals surface area contributed by atoms with Crippen LogP contribution in [0.25, 0.3) is 0 Å². The minimum Gasteiger partial charge on any atom is -0.465 e. The van der Waals surface area contributed by atoms with Crippen LogP contribution in [0.15, 0.2) is 50.6 Å². The molecule has 1 heterocycles. The minimum absolute atomic E-state index is 0.0313. The van der Waals surface area contributed by atoms with E-state index in [0.29, 0.717) is 91.4 Å². The minimum atomic E-state index is -1.24. The van der Waals surface area contributed by atoms with E-state index in [1.807, 2.05) is 27.7 Å². The van der Waals surface area contributed by atoms with E-state index in [1.54, 1.807) is 38.2 Å². The number of carbonyl (C=O) groups excluding carboxylic acids is 6. The summed E-state index contributed by atoms with van der Waals surface area (Å²) in [4.78, 5) is 83.0. The van der Waals surface area contributed by atoms with Gasteiger partial charge < -0.3 is 53.4 Å². The second kappa shape index (κ2) is 29.1. The molecule has 0 aromatic rings. The monoisotopic (exact) mass is 1060 g/mol. The van der Waals surface area contributed by atoms with Crippen LogP contribution in [-0.2, 0) is 52.3 Å². The summed E-state index contributed by atoms with van der Waals surface area (Å²) < 4.78 is 46.0. The van der Waals surface area contributed by atoms with Crippen LogP contribution in [0.5, 0.6) is 0 Å². The maximum absolute atomic E-state index is 13.7. The molecule has 18 heteroatoms. The van der Waals surface area contributed by atoms with E-state index in [4.69, 9.17) is 37.9 Å². The lowest BCUT2D eigenvalue weighted by Crippen LogP contribution is -2.54. The van der Waals surface area contributed by atoms with Gasteiger partial charge in [-0.25, -0.2) is 14.4 Å². The smallest absolute Gasteiger partial charge is 0.407 e. The highest BCUT2D eigenvalue weighted by molar-refractivity contribution is 6.06. The van der Waals surface area contributed by atoms with E-state index < -0.39 is 57.4 Å². The van der Waals surface area contributed by atoms with Crippen LogP contribution < -0.4 is 10.6 Å². The number of amides is 5. The summed E-state index contributed by atoms with van der Waals surface area (Å²) in [7, 11) is 0. The van der Waals surface area contributed by atoms with E-state index in [2.05, 4.69) is 64.6 Å². The SMILES string of the molecule is C=CCOCC(CC)(COCC=C)COC(=O)CC1(C)CC(NC(=O)OCCN2C(=O)N(CCOC(=O)CC3CC(C)(C)CC(C)(NC(=O)OCC(CC)(COCC=C)COCC=C)C3)C(C)(C)C2=O)CC(C)(C)C1. The molecule has 75 heavy (non-hydrogen) atoms. The molecule has 2 aliphatic carbocycles. The average Bonchev–Trinajstić information content (AvgIpc) is 3.46. The number of hydrogen-bond donors (Lipinski definition) is 2. The number of alkyl carbamates (subject to hydrolysis) is 2. The molecular formula is C57H94N4O14. The predicted molar refractivity (Wildman–Crippen MR) is 287 cm³/mol. The Kier molecular flexibility index (Phi) is 25.0. The third kappa shape index (κ3) is 20.6. The third-order valence-electron chi connectivity index (χ3n) is 14.8. The number of nitrogens with one attached hydrogen (secondary N) is 2. The van der Waals surface area contributed by atoms with Gasteiger partial charge in [0.15, 0.2) is 0 Å². The molecule has 1 saturated heterocycles. The molecule has 0 bridgehead atoms. The van der Waals surface area contributed by atoms with Crippen molar-refractivity contribution in [2.75, 3.05) is 92.4 Å². The molecule has 3 aliphatic rings. The maximum Gasteiger partial charge on any atom is 0.407 e. The standard InChI is InChI=1S/C57H94N4O14/c1-15-23-68-37-56(19-5,38-69-24-16-2)41-74-46(63)34-54(13)33-44(32-52(9,10)35-54)58-48(65)73-27-21-60-47(64)53(11,12)61(50(60)67)22-28-72-45(62)29-43-30-51(7,8)36-55(14,31-43)59-49(66)75-42-57(20-6,39-70-25-17-3)40-71-26-18-4/h15-18,43-44H,1-4,19-42H2,5-14H3,(H,58,65)(H,59,66). The van der Waals surface area contributed by atoms with Crippen LogP contribution in [0.4, 0.5) is 14.4 Å². The Morgan fingerprint density at radius 1 is 0.613 bits per heavy atom. The summed E-state index contributed by atoms with van der Waals surface area (Å²) in [5.41, 5.74) is -3.94. The Morgan fingerprint density at radius 3 is 1.64 bits per heavy atom. The number of ether oxygens (including phenoxy) is 8. The largest absolute Gasteiger partial charge is 0.465 e. The van der Waals surface area contributed by atoms with Crippen molar-refractivity contribution >= 4 is 36.1 Å². The lowest BCUT2D eigenvalue weighted by molar-refractivity contribution is -0.155. The van der Waals surface area contributed by atoms with Crippen molar-refractivity contribution in [2.45, 2.75) is 151 Å². The number of hydrogen-bond acceptors (Lipinski definition) is 14. The van der Waals surface area contributed by atoms with Gasteiger partial charge in [-0.1, -0.05) is 72.8 Å². The van der Waals surface area contributed by atoms with Crippen LogP contribution in [0.3, 0.4) is 0 Å². The average molecular weight is 1060 g/mol. The normalized spacial score (nSPS) is 23.2. The summed E-state index contributed by atoms with van der Waals surface area (Å²) in [6.45, 7) is 36.9. The molecule has 0 spiro atoms. The van der Waals surface area contributed by atoms with Crippen LogP contribution in [0, 0.1) is 33.0 Å². The summed E-state index contributed by atoms with van der Waals surface area (Å²) in [6.07, 6.45) is 10.8. The van der Waals surface area contributed by atoms with Crippen molar-refractivity contribution in [2.24, 2.45) is 33.0 Å². The Labute approximate surface area is 448 Å². The highest BCUT2D eigenvalue weighted by atomic mass is 16.6. The molecule has 1 aliphatic heterocycles. The lowest BCUT2D eigenvalue weighted by Gasteiger charge is -2.46. The lowest BCUT2D eigenvalue weighted by atomic mass is 9.61. The van der Waals surface area contributed by atoms with Crippen LogP contribution in [-0.4, -0.2) is 155 Å². The van der Waals surface area contributed by atoms with Gasteiger partial charge in [-0.05, 0) is 94.3 Å². The van der Waals surface area contributed by atoms with Crippen LogP contribution >= 0.6 is 0 Å². The van der Waals surface area contributed by atoms with Crippen molar-refractivity contribution < 1.29 is 66.7 Å². The number of imide groups is 1. The first-order valence-electron chi connectivity index (χ1n) is 26.8. The highest BCUT2D eigenvalue weighted by Crippen LogP contribution is 2.49. The van der Waals surface area contributed by atoms with Crippen molar-refractivity contribution in [3.05, 3.63) is 50.6 Å². The first-order chi connectivity index (χ1) is 35.2. The molecule has 0 aromatic heterocycles. The molecule has 3 rings (SSSR count). The zero-order valence-corrected chi connectivity index (χ0v) is 47.4. The molecule has 18 nitrogen and oxygen atoms in total. The third-order valence-corrected chi connectivity index (χ3v) is 14.8. The van der Waals surface area contributed by atoms with Gasteiger partial charge in [-0.2, -0.15) is 0 Å². The van der Waals surface area contributed by atoms with Gasteiger partial charge in [0.1, 0.15) is 32.0 Å². The van der Waals surface area contributed by atoms with Gasteiger partial charge in [0.25, 0.3) is 5.91 Å². The predicted octanol–water partition coefficient (Wildman–Crippen LogP) is 9.12. The number of urea groups is 1. The van der Waals surface area contributed by atoms with Crippen molar-refractivity contribution in [1.82, 2.24) is 20.4 Å². The van der Waals surface area contributed by atoms with Gasteiger partial charge in [0.2, 0.25) is 0 Å². The molecular weight excluding hydrogens is 965 g/mol. The molecule has 2 N–H and O–H groups in total. The molecule has 0 aromatic carbocycles. The fourth-order valence-corrected chi connectivity index (χ4v) is 11.7. The van der Waals surface area contributed by atoms with Crippen molar-refractivity contribution in [1.29, 1.82) is 0 Å². The topological polar surface area (TPSA) is 207 Å². The fourth-order valence-electron chi connectivity index (χ4n) is 11.7. The van der Waals surface area contributed by atoms with Crippen molar-refractivity contribution in [3.8, 4) is 0 Å². The Bertz CT molecular complexity index is 1930. The highest BCUT2D eigenvalue weighted by Gasteiger charge is 2.51. The molecule has 426 valence electrons.